The Balaban J connectivity index is 1.76. The lowest BCUT2D eigenvalue weighted by atomic mass is 10.0. The number of benzene rings is 1. The number of piperazine rings is 1. The molecular weight excluding hydrogens is 239 g/mol. The molecule has 0 bridgehead atoms. The maximum atomic E-state index is 13.4. The summed E-state index contributed by atoms with van der Waals surface area (Å²) in [6.07, 6.45) is 2.72. The van der Waals surface area contributed by atoms with E-state index in [2.05, 4.69) is 24.1 Å². The van der Waals surface area contributed by atoms with Crippen molar-refractivity contribution in [2.24, 2.45) is 5.92 Å². The summed E-state index contributed by atoms with van der Waals surface area (Å²) in [6, 6.07) is 6.31. The second-order valence-electron chi connectivity index (χ2n) is 6.21. The van der Waals surface area contributed by atoms with Crippen LogP contribution in [-0.4, -0.2) is 30.1 Å². The molecule has 104 valence electrons. The highest BCUT2D eigenvalue weighted by atomic mass is 19.1. The molecule has 0 amide bonds. The molecule has 1 aliphatic carbocycles. The van der Waals surface area contributed by atoms with Gasteiger partial charge in [0.1, 0.15) is 5.82 Å². The van der Waals surface area contributed by atoms with Crippen molar-refractivity contribution in [3.8, 4) is 0 Å². The Bertz CT molecular complexity index is 456. The molecule has 2 unspecified atom stereocenters. The number of aryl methyl sites for hydroxylation is 1. The van der Waals surface area contributed by atoms with Crippen LogP contribution in [-0.2, 0) is 6.54 Å². The third-order valence-electron chi connectivity index (χ3n) is 4.50. The van der Waals surface area contributed by atoms with Gasteiger partial charge in [0.25, 0.3) is 0 Å². The molecule has 0 spiro atoms. The van der Waals surface area contributed by atoms with Crippen molar-refractivity contribution in [2.45, 2.75) is 45.3 Å². The summed E-state index contributed by atoms with van der Waals surface area (Å²) in [7, 11) is 0. The van der Waals surface area contributed by atoms with Gasteiger partial charge in [0.2, 0.25) is 0 Å². The molecule has 2 atom stereocenters. The molecule has 2 fully saturated rings. The van der Waals surface area contributed by atoms with Gasteiger partial charge in [0.05, 0.1) is 0 Å². The molecule has 1 aromatic rings. The van der Waals surface area contributed by atoms with E-state index in [0.29, 0.717) is 12.1 Å². The topological polar surface area (TPSA) is 15.3 Å². The smallest absolute Gasteiger partial charge is 0.123 e. The first-order valence-electron chi connectivity index (χ1n) is 7.36. The highest BCUT2D eigenvalue weighted by Crippen LogP contribution is 2.36. The third-order valence-corrected chi connectivity index (χ3v) is 4.50. The molecule has 2 nitrogen and oxygen atoms in total. The van der Waals surface area contributed by atoms with Crippen molar-refractivity contribution < 1.29 is 4.39 Å². The van der Waals surface area contributed by atoms with Crippen molar-refractivity contribution in [3.63, 3.8) is 0 Å². The van der Waals surface area contributed by atoms with Crippen LogP contribution in [0.15, 0.2) is 18.2 Å². The van der Waals surface area contributed by atoms with Crippen molar-refractivity contribution >= 4 is 0 Å². The zero-order valence-corrected chi connectivity index (χ0v) is 11.8. The van der Waals surface area contributed by atoms with Gasteiger partial charge in [-0.25, -0.2) is 4.39 Å². The monoisotopic (exact) mass is 262 g/mol. The molecule has 0 aromatic heterocycles. The molecule has 1 heterocycles. The lowest BCUT2D eigenvalue weighted by Gasteiger charge is -2.40. The molecular formula is C16H23FN2. The SMILES string of the molecule is Cc1ccc(F)cc1CN1CC(C)NCC1C1CC1. The number of halogens is 1. The number of hydrogen-bond donors (Lipinski definition) is 1. The molecule has 2 aliphatic rings. The number of nitrogens with zero attached hydrogens (tertiary/aromatic N) is 1. The highest BCUT2D eigenvalue weighted by molar-refractivity contribution is 5.26. The van der Waals surface area contributed by atoms with E-state index in [-0.39, 0.29) is 5.82 Å². The fraction of sp³-hybridized carbons (Fsp3) is 0.625. The molecule has 1 aromatic carbocycles. The Morgan fingerprint density at radius 1 is 1.37 bits per heavy atom. The summed E-state index contributed by atoms with van der Waals surface area (Å²) >= 11 is 0. The summed E-state index contributed by atoms with van der Waals surface area (Å²) in [5, 5.41) is 3.58. The van der Waals surface area contributed by atoms with E-state index in [1.807, 2.05) is 6.07 Å². The largest absolute Gasteiger partial charge is 0.311 e. The van der Waals surface area contributed by atoms with Crippen LogP contribution >= 0.6 is 0 Å². The molecule has 1 aliphatic heterocycles. The predicted octanol–water partition coefficient (Wildman–Crippen LogP) is 2.71. The maximum absolute atomic E-state index is 13.4. The second-order valence-corrected chi connectivity index (χ2v) is 6.21. The number of hydrogen-bond acceptors (Lipinski definition) is 2. The van der Waals surface area contributed by atoms with E-state index in [4.69, 9.17) is 0 Å². The quantitative estimate of drug-likeness (QED) is 0.901. The van der Waals surface area contributed by atoms with E-state index < -0.39 is 0 Å². The fourth-order valence-electron chi connectivity index (χ4n) is 3.16. The van der Waals surface area contributed by atoms with Crippen molar-refractivity contribution in [1.29, 1.82) is 0 Å². The molecule has 19 heavy (non-hydrogen) atoms. The van der Waals surface area contributed by atoms with Gasteiger partial charge in [-0.2, -0.15) is 0 Å². The van der Waals surface area contributed by atoms with Crippen molar-refractivity contribution in [3.05, 3.63) is 35.1 Å². The first-order chi connectivity index (χ1) is 9.13. The van der Waals surface area contributed by atoms with Crippen molar-refractivity contribution in [1.82, 2.24) is 10.2 Å². The first-order valence-corrected chi connectivity index (χ1v) is 7.36. The van der Waals surface area contributed by atoms with Crippen LogP contribution in [0.25, 0.3) is 0 Å². The standard InChI is InChI=1S/C16H23FN2/c1-11-3-6-15(17)7-14(11)10-19-9-12(2)18-8-16(19)13-4-5-13/h3,6-7,12-13,16,18H,4-5,8-10H2,1-2H3. The molecule has 1 N–H and O–H groups in total. The average molecular weight is 262 g/mol. The molecule has 1 saturated heterocycles. The van der Waals surface area contributed by atoms with Crippen molar-refractivity contribution in [2.75, 3.05) is 13.1 Å². The zero-order chi connectivity index (χ0) is 13.4. The van der Waals surface area contributed by atoms with Gasteiger partial charge in [-0.15, -0.1) is 0 Å². The number of rotatable bonds is 3. The van der Waals surface area contributed by atoms with Crippen LogP contribution in [0, 0.1) is 18.7 Å². The van der Waals surface area contributed by atoms with Crippen LogP contribution in [0.4, 0.5) is 4.39 Å². The molecule has 3 heteroatoms. The Labute approximate surface area is 115 Å². The Hall–Kier alpha value is -0.930. The van der Waals surface area contributed by atoms with E-state index in [1.165, 1.54) is 18.4 Å². The second kappa shape index (κ2) is 5.22. The minimum Gasteiger partial charge on any atom is -0.311 e. The third kappa shape index (κ3) is 2.98. The van der Waals surface area contributed by atoms with Crippen LogP contribution in [0.2, 0.25) is 0 Å². The zero-order valence-electron chi connectivity index (χ0n) is 11.8. The molecule has 3 rings (SSSR count). The van der Waals surface area contributed by atoms with Gasteiger partial charge in [-0.1, -0.05) is 6.07 Å². The van der Waals surface area contributed by atoms with E-state index in [1.54, 1.807) is 12.1 Å². The summed E-state index contributed by atoms with van der Waals surface area (Å²) in [5.74, 6) is 0.737. The first kappa shape index (κ1) is 13.1. The van der Waals surface area contributed by atoms with Gasteiger partial charge in [-0.3, -0.25) is 4.90 Å². The van der Waals surface area contributed by atoms with E-state index in [9.17, 15) is 4.39 Å². The minimum absolute atomic E-state index is 0.119. The lowest BCUT2D eigenvalue weighted by molar-refractivity contribution is 0.112. The fourth-order valence-corrected chi connectivity index (χ4v) is 3.16. The summed E-state index contributed by atoms with van der Waals surface area (Å²) in [5.41, 5.74) is 2.34. The Kier molecular flexibility index (Phi) is 3.59. The summed E-state index contributed by atoms with van der Waals surface area (Å²) in [4.78, 5) is 2.56. The summed E-state index contributed by atoms with van der Waals surface area (Å²) < 4.78 is 13.4. The molecule has 1 saturated carbocycles. The minimum atomic E-state index is -0.119. The van der Waals surface area contributed by atoms with E-state index >= 15 is 0 Å². The van der Waals surface area contributed by atoms with Crippen LogP contribution < -0.4 is 5.32 Å². The highest BCUT2D eigenvalue weighted by Gasteiger charge is 2.37. The van der Waals surface area contributed by atoms with E-state index in [0.717, 1.165) is 31.1 Å². The normalized spacial score (nSPS) is 28.6. The lowest BCUT2D eigenvalue weighted by Crippen LogP contribution is -2.55. The van der Waals surface area contributed by atoms with Gasteiger partial charge in [0.15, 0.2) is 0 Å². The van der Waals surface area contributed by atoms with Crippen LogP contribution in [0.5, 0.6) is 0 Å². The summed E-state index contributed by atoms with van der Waals surface area (Å²) in [6.45, 7) is 7.34. The Morgan fingerprint density at radius 2 is 2.16 bits per heavy atom. The molecule has 0 radical (unpaired) electrons. The van der Waals surface area contributed by atoms with Crippen LogP contribution in [0.1, 0.15) is 30.9 Å². The van der Waals surface area contributed by atoms with Gasteiger partial charge < -0.3 is 5.32 Å². The Morgan fingerprint density at radius 3 is 2.89 bits per heavy atom. The number of nitrogens with one attached hydrogen (secondary N) is 1. The average Bonchev–Trinajstić information content (AvgIpc) is 3.18. The predicted molar refractivity (Wildman–Crippen MR) is 75.5 cm³/mol. The maximum Gasteiger partial charge on any atom is 0.123 e. The van der Waals surface area contributed by atoms with Gasteiger partial charge >= 0.3 is 0 Å². The van der Waals surface area contributed by atoms with Gasteiger partial charge in [-0.05, 0) is 55.9 Å². The van der Waals surface area contributed by atoms with Gasteiger partial charge in [0, 0.05) is 31.7 Å². The van der Waals surface area contributed by atoms with Crippen LogP contribution in [0.3, 0.4) is 0 Å².